The van der Waals surface area contributed by atoms with Crippen LogP contribution in [0.5, 0.6) is 0 Å². The molecule has 7 nitrogen and oxygen atoms in total. The largest absolute Gasteiger partial charge is 0.450 e. The highest BCUT2D eigenvalue weighted by Gasteiger charge is 2.27. The summed E-state index contributed by atoms with van der Waals surface area (Å²) in [6, 6.07) is 18.7. The minimum Gasteiger partial charge on any atom is -0.450 e. The predicted octanol–water partition coefficient (Wildman–Crippen LogP) is 5.48. The van der Waals surface area contributed by atoms with Crippen LogP contribution in [-0.4, -0.2) is 34.1 Å². The molecule has 0 atom stereocenters. The Hall–Kier alpha value is -4.00. The van der Waals surface area contributed by atoms with Gasteiger partial charge in [0.05, 0.1) is 29.3 Å². The van der Waals surface area contributed by atoms with Crippen molar-refractivity contribution in [1.29, 1.82) is 0 Å². The maximum atomic E-state index is 12.5. The van der Waals surface area contributed by atoms with E-state index in [1.54, 1.807) is 24.0 Å². The summed E-state index contributed by atoms with van der Waals surface area (Å²) < 4.78 is 5.23. The number of hydrogen-bond donors (Lipinski definition) is 0. The number of aromatic nitrogens is 1. The summed E-state index contributed by atoms with van der Waals surface area (Å²) in [7, 11) is 0. The lowest BCUT2D eigenvalue weighted by Gasteiger charge is -2.30. The number of nitro groups is 1. The lowest BCUT2D eigenvalue weighted by Crippen LogP contribution is -2.37. The molecular weight excluding hydrogens is 406 g/mol. The smallest absolute Gasteiger partial charge is 0.410 e. The normalized spacial score (nSPS) is 13.2. The van der Waals surface area contributed by atoms with Gasteiger partial charge in [-0.3, -0.25) is 10.1 Å². The average molecular weight is 427 g/mol. The molecule has 32 heavy (non-hydrogen) atoms. The SMILES string of the molecule is CCOC(=O)N1CCc2c(c(-c3ccc([N+](=O)[O-])cc3)nc3ccc4ccccc4c23)C1. The van der Waals surface area contributed by atoms with Crippen LogP contribution in [0, 0.1) is 10.1 Å². The van der Waals surface area contributed by atoms with Crippen LogP contribution < -0.4 is 0 Å². The first kappa shape index (κ1) is 19.9. The molecule has 0 fully saturated rings. The van der Waals surface area contributed by atoms with Crippen LogP contribution in [0.15, 0.2) is 60.7 Å². The van der Waals surface area contributed by atoms with Gasteiger partial charge in [-0.2, -0.15) is 0 Å². The van der Waals surface area contributed by atoms with Gasteiger partial charge in [0.2, 0.25) is 0 Å². The lowest BCUT2D eigenvalue weighted by atomic mass is 9.89. The van der Waals surface area contributed by atoms with Crippen molar-refractivity contribution < 1.29 is 14.5 Å². The summed E-state index contributed by atoms with van der Waals surface area (Å²) in [5, 5.41) is 14.5. The topological polar surface area (TPSA) is 85.6 Å². The van der Waals surface area contributed by atoms with Gasteiger partial charge in [-0.05, 0) is 47.9 Å². The third-order valence-corrected chi connectivity index (χ3v) is 5.95. The van der Waals surface area contributed by atoms with E-state index in [9.17, 15) is 14.9 Å². The van der Waals surface area contributed by atoms with E-state index in [1.165, 1.54) is 17.7 Å². The quantitative estimate of drug-likeness (QED) is 0.246. The Morgan fingerprint density at radius 1 is 1.09 bits per heavy atom. The number of ether oxygens (including phenoxy) is 1. The lowest BCUT2D eigenvalue weighted by molar-refractivity contribution is -0.384. The number of carbonyl (C=O) groups is 1. The molecule has 160 valence electrons. The molecular formula is C25H21N3O4. The summed E-state index contributed by atoms with van der Waals surface area (Å²) in [4.78, 5) is 29.8. The van der Waals surface area contributed by atoms with Crippen LogP contribution in [0.25, 0.3) is 32.9 Å². The van der Waals surface area contributed by atoms with Crippen molar-refractivity contribution in [3.05, 3.63) is 81.9 Å². The number of fused-ring (bicyclic) bond motifs is 5. The van der Waals surface area contributed by atoms with Gasteiger partial charge >= 0.3 is 6.09 Å². The fourth-order valence-corrected chi connectivity index (χ4v) is 4.47. The van der Waals surface area contributed by atoms with E-state index in [2.05, 4.69) is 18.2 Å². The van der Waals surface area contributed by atoms with Crippen molar-refractivity contribution in [3.8, 4) is 11.3 Å². The first-order chi connectivity index (χ1) is 15.6. The Balaban J connectivity index is 1.74. The third-order valence-electron chi connectivity index (χ3n) is 5.95. The number of pyridine rings is 1. The summed E-state index contributed by atoms with van der Waals surface area (Å²) in [6.07, 6.45) is 0.340. The number of non-ortho nitro benzene ring substituents is 1. The first-order valence-electron chi connectivity index (χ1n) is 10.6. The van der Waals surface area contributed by atoms with Gasteiger partial charge in [0.25, 0.3) is 5.69 Å². The van der Waals surface area contributed by atoms with E-state index >= 15 is 0 Å². The molecule has 2 heterocycles. The number of nitrogens with zero attached hydrogens (tertiary/aromatic N) is 3. The van der Waals surface area contributed by atoms with Crippen molar-refractivity contribution in [2.45, 2.75) is 19.9 Å². The first-order valence-corrected chi connectivity index (χ1v) is 10.6. The Morgan fingerprint density at radius 2 is 1.88 bits per heavy atom. The molecule has 0 unspecified atom stereocenters. The molecule has 0 aliphatic carbocycles. The van der Waals surface area contributed by atoms with Crippen molar-refractivity contribution in [3.63, 3.8) is 0 Å². The summed E-state index contributed by atoms with van der Waals surface area (Å²) in [6.45, 7) is 3.05. The van der Waals surface area contributed by atoms with E-state index in [-0.39, 0.29) is 11.8 Å². The van der Waals surface area contributed by atoms with E-state index < -0.39 is 4.92 Å². The molecule has 0 saturated heterocycles. The zero-order chi connectivity index (χ0) is 22.2. The van der Waals surface area contributed by atoms with Crippen molar-refractivity contribution >= 4 is 33.5 Å². The van der Waals surface area contributed by atoms with Gasteiger partial charge in [0, 0.05) is 35.2 Å². The highest BCUT2D eigenvalue weighted by molar-refractivity contribution is 6.09. The molecule has 5 rings (SSSR count). The van der Waals surface area contributed by atoms with Crippen LogP contribution in [0.3, 0.4) is 0 Å². The van der Waals surface area contributed by atoms with Gasteiger partial charge in [-0.1, -0.05) is 30.3 Å². The number of rotatable bonds is 3. The van der Waals surface area contributed by atoms with Crippen molar-refractivity contribution in [2.24, 2.45) is 0 Å². The molecule has 1 aliphatic rings. The fraction of sp³-hybridized carbons (Fsp3) is 0.200. The number of nitro benzene ring substituents is 1. The van der Waals surface area contributed by atoms with E-state index in [0.29, 0.717) is 26.1 Å². The Morgan fingerprint density at radius 3 is 2.62 bits per heavy atom. The van der Waals surface area contributed by atoms with Gasteiger partial charge in [-0.25, -0.2) is 9.78 Å². The van der Waals surface area contributed by atoms with Gasteiger partial charge in [0.1, 0.15) is 0 Å². The summed E-state index contributed by atoms with van der Waals surface area (Å²) in [5.74, 6) is 0. The molecule has 4 aromatic rings. The Labute approximate surface area is 184 Å². The van der Waals surface area contributed by atoms with Crippen LogP contribution in [0.1, 0.15) is 18.1 Å². The Kier molecular flexibility index (Phi) is 4.93. The predicted molar refractivity (Wildman–Crippen MR) is 122 cm³/mol. The number of carbonyl (C=O) groups excluding carboxylic acids is 1. The standard InChI is InChI=1S/C25H21N3O4/c1-2-32-25(29)27-14-13-20-21(15-27)24(17-7-10-18(11-8-17)28(30)31)26-22-12-9-16-5-3-4-6-19(16)23(20)22/h3-12H,2,13-15H2,1H3. The summed E-state index contributed by atoms with van der Waals surface area (Å²) >= 11 is 0. The second-order valence-corrected chi connectivity index (χ2v) is 7.77. The van der Waals surface area contributed by atoms with Crippen LogP contribution in [0.2, 0.25) is 0 Å². The zero-order valence-electron chi connectivity index (χ0n) is 17.6. The van der Waals surface area contributed by atoms with E-state index in [0.717, 1.165) is 38.5 Å². The van der Waals surface area contributed by atoms with E-state index in [1.807, 2.05) is 18.2 Å². The fourth-order valence-electron chi connectivity index (χ4n) is 4.47. The average Bonchev–Trinajstić information content (AvgIpc) is 2.83. The minimum atomic E-state index is -0.415. The number of amides is 1. The maximum absolute atomic E-state index is 12.5. The second kappa shape index (κ2) is 7.92. The molecule has 1 aliphatic heterocycles. The molecule has 0 saturated carbocycles. The van der Waals surface area contributed by atoms with E-state index in [4.69, 9.17) is 9.72 Å². The summed E-state index contributed by atoms with van der Waals surface area (Å²) in [5.41, 5.74) is 4.56. The second-order valence-electron chi connectivity index (χ2n) is 7.77. The van der Waals surface area contributed by atoms with Gasteiger partial charge < -0.3 is 9.64 Å². The van der Waals surface area contributed by atoms with Crippen molar-refractivity contribution in [2.75, 3.05) is 13.2 Å². The van der Waals surface area contributed by atoms with Crippen molar-refractivity contribution in [1.82, 2.24) is 9.88 Å². The molecule has 3 aromatic carbocycles. The molecule has 0 N–H and O–H groups in total. The molecule has 0 radical (unpaired) electrons. The Bertz CT molecular complexity index is 1370. The molecule has 0 bridgehead atoms. The molecule has 7 heteroatoms. The highest BCUT2D eigenvalue weighted by atomic mass is 16.6. The van der Waals surface area contributed by atoms with Gasteiger partial charge in [0.15, 0.2) is 0 Å². The molecule has 1 amide bonds. The monoisotopic (exact) mass is 427 g/mol. The van der Waals surface area contributed by atoms with Crippen LogP contribution in [0.4, 0.5) is 10.5 Å². The molecule has 0 spiro atoms. The number of benzene rings is 3. The van der Waals surface area contributed by atoms with Crippen LogP contribution >= 0.6 is 0 Å². The number of hydrogen-bond acceptors (Lipinski definition) is 5. The zero-order valence-corrected chi connectivity index (χ0v) is 17.6. The highest BCUT2D eigenvalue weighted by Crippen LogP contribution is 2.37. The van der Waals surface area contributed by atoms with Gasteiger partial charge in [-0.15, -0.1) is 0 Å². The molecule has 1 aromatic heterocycles. The van der Waals surface area contributed by atoms with Crippen LogP contribution in [-0.2, 0) is 17.7 Å². The minimum absolute atomic E-state index is 0.0301. The maximum Gasteiger partial charge on any atom is 0.410 e. The third kappa shape index (κ3) is 3.32.